The quantitative estimate of drug-likeness (QED) is 0.242. The fourth-order valence-electron chi connectivity index (χ4n) is 7.14. The number of benzene rings is 5. The molecule has 0 aliphatic heterocycles. The van der Waals surface area contributed by atoms with E-state index in [-0.39, 0.29) is 5.41 Å². The highest BCUT2D eigenvalue weighted by molar-refractivity contribution is 5.89. The minimum absolute atomic E-state index is 0.263. The Morgan fingerprint density at radius 2 is 1.19 bits per heavy atom. The molecular formula is C36H30. The van der Waals surface area contributed by atoms with Crippen molar-refractivity contribution < 1.29 is 0 Å². The summed E-state index contributed by atoms with van der Waals surface area (Å²) in [5.74, 6) is 0. The first-order valence-corrected chi connectivity index (χ1v) is 13.0. The van der Waals surface area contributed by atoms with E-state index >= 15 is 0 Å². The summed E-state index contributed by atoms with van der Waals surface area (Å²) >= 11 is 0. The lowest BCUT2D eigenvalue weighted by Crippen LogP contribution is -2.34. The van der Waals surface area contributed by atoms with Gasteiger partial charge in [-0.2, -0.15) is 0 Å². The fourth-order valence-corrected chi connectivity index (χ4v) is 7.14. The molecule has 0 bridgehead atoms. The Hall–Kier alpha value is -3.90. The van der Waals surface area contributed by atoms with Gasteiger partial charge in [0, 0.05) is 0 Å². The van der Waals surface area contributed by atoms with Crippen molar-refractivity contribution in [1.29, 1.82) is 0 Å². The molecule has 7 rings (SSSR count). The van der Waals surface area contributed by atoms with E-state index in [0.717, 1.165) is 12.8 Å². The van der Waals surface area contributed by atoms with Gasteiger partial charge in [-0.05, 0) is 94.8 Å². The molecule has 0 saturated heterocycles. The summed E-state index contributed by atoms with van der Waals surface area (Å²) in [7, 11) is 0. The minimum atomic E-state index is -0.263. The average molecular weight is 463 g/mol. The lowest BCUT2D eigenvalue weighted by Gasteiger charge is -2.40. The van der Waals surface area contributed by atoms with Gasteiger partial charge in [-0.15, -0.1) is 0 Å². The van der Waals surface area contributed by atoms with E-state index in [9.17, 15) is 0 Å². The maximum atomic E-state index is 2.48. The largest absolute Gasteiger partial charge is 0.0719 e. The first-order chi connectivity index (χ1) is 17.6. The zero-order valence-electron chi connectivity index (χ0n) is 21.2. The van der Waals surface area contributed by atoms with Gasteiger partial charge in [0.15, 0.2) is 0 Å². The highest BCUT2D eigenvalue weighted by Crippen LogP contribution is 2.59. The highest BCUT2D eigenvalue weighted by Gasteiger charge is 2.49. The molecule has 0 heteroatoms. The summed E-state index contributed by atoms with van der Waals surface area (Å²) in [5.41, 5.74) is 18.0. The Kier molecular flexibility index (Phi) is 4.63. The van der Waals surface area contributed by atoms with E-state index < -0.39 is 0 Å². The van der Waals surface area contributed by atoms with Crippen LogP contribution in [0.5, 0.6) is 0 Å². The van der Waals surface area contributed by atoms with Crippen LogP contribution in [0, 0.1) is 20.8 Å². The first kappa shape index (κ1) is 21.4. The summed E-state index contributed by atoms with van der Waals surface area (Å²) < 4.78 is 0. The molecule has 0 N–H and O–H groups in total. The van der Waals surface area contributed by atoms with Gasteiger partial charge in [-0.25, -0.2) is 0 Å². The minimum Gasteiger partial charge on any atom is -0.0620 e. The van der Waals surface area contributed by atoms with Crippen LogP contribution in [0.4, 0.5) is 0 Å². The predicted octanol–water partition coefficient (Wildman–Crippen LogP) is 8.47. The van der Waals surface area contributed by atoms with Crippen LogP contribution in [0.25, 0.3) is 11.1 Å². The number of rotatable bonds is 2. The van der Waals surface area contributed by atoms with Gasteiger partial charge in [0.2, 0.25) is 0 Å². The summed E-state index contributed by atoms with van der Waals surface area (Å²) in [6, 6.07) is 39.3. The molecule has 0 aromatic heterocycles. The molecule has 0 nitrogen and oxygen atoms in total. The van der Waals surface area contributed by atoms with Crippen molar-refractivity contribution in [3.8, 4) is 11.1 Å². The van der Waals surface area contributed by atoms with Gasteiger partial charge in [0.05, 0.1) is 5.41 Å². The second-order valence-corrected chi connectivity index (χ2v) is 10.8. The van der Waals surface area contributed by atoms with E-state index in [1.54, 1.807) is 0 Å². The summed E-state index contributed by atoms with van der Waals surface area (Å²) in [5, 5.41) is 0. The SMILES string of the molecule is Cc1cc(C)cc(Cc2ccc3c(c2)-c2c(C)cccc2C32c3ccccc3Cc3ccccc32)c1. The molecule has 2 aliphatic rings. The molecule has 0 atom stereocenters. The lowest BCUT2D eigenvalue weighted by atomic mass is 9.61. The third-order valence-electron chi connectivity index (χ3n) is 8.35. The van der Waals surface area contributed by atoms with Crippen molar-refractivity contribution in [3.63, 3.8) is 0 Å². The van der Waals surface area contributed by atoms with E-state index in [0.29, 0.717) is 0 Å². The highest BCUT2D eigenvalue weighted by atomic mass is 14.5. The van der Waals surface area contributed by atoms with Crippen molar-refractivity contribution in [1.82, 2.24) is 0 Å². The topological polar surface area (TPSA) is 0 Å². The van der Waals surface area contributed by atoms with Crippen molar-refractivity contribution in [3.05, 3.63) is 164 Å². The van der Waals surface area contributed by atoms with Crippen molar-refractivity contribution in [2.45, 2.75) is 39.0 Å². The number of aryl methyl sites for hydroxylation is 3. The fraction of sp³-hybridized carbons (Fsp3) is 0.167. The predicted molar refractivity (Wildman–Crippen MR) is 150 cm³/mol. The molecule has 0 radical (unpaired) electrons. The maximum absolute atomic E-state index is 2.48. The maximum Gasteiger partial charge on any atom is 0.0719 e. The smallest absolute Gasteiger partial charge is 0.0620 e. The van der Waals surface area contributed by atoms with Gasteiger partial charge in [-0.1, -0.05) is 114 Å². The van der Waals surface area contributed by atoms with E-state index in [4.69, 9.17) is 0 Å². The molecule has 0 saturated carbocycles. The average Bonchev–Trinajstić information content (AvgIpc) is 3.15. The van der Waals surface area contributed by atoms with E-state index in [2.05, 4.69) is 124 Å². The van der Waals surface area contributed by atoms with Crippen LogP contribution in [0.2, 0.25) is 0 Å². The number of hydrogen-bond donors (Lipinski definition) is 0. The van der Waals surface area contributed by atoms with Gasteiger partial charge >= 0.3 is 0 Å². The Bertz CT molecular complexity index is 1600. The Morgan fingerprint density at radius 3 is 1.89 bits per heavy atom. The summed E-state index contributed by atoms with van der Waals surface area (Å²) in [4.78, 5) is 0. The standard InChI is InChI=1S/C36H30/c1-23-17-24(2)19-27(18-23)20-26-15-16-33-30(21-26)35-25(3)9-8-14-34(35)36(33)31-12-6-4-10-28(31)22-29-11-5-7-13-32(29)36/h4-19,21H,20,22H2,1-3H3. The summed E-state index contributed by atoms with van der Waals surface area (Å²) in [6.45, 7) is 6.67. The van der Waals surface area contributed by atoms with E-state index in [1.807, 2.05) is 0 Å². The lowest BCUT2D eigenvalue weighted by molar-refractivity contribution is 0.721. The molecule has 1 spiro atoms. The summed E-state index contributed by atoms with van der Waals surface area (Å²) in [6.07, 6.45) is 1.95. The zero-order chi connectivity index (χ0) is 24.4. The van der Waals surface area contributed by atoms with Crippen LogP contribution in [-0.2, 0) is 18.3 Å². The molecule has 0 unspecified atom stereocenters. The van der Waals surface area contributed by atoms with Crippen molar-refractivity contribution >= 4 is 0 Å². The molecule has 174 valence electrons. The number of fused-ring (bicyclic) bond motifs is 9. The molecule has 5 aromatic carbocycles. The third-order valence-corrected chi connectivity index (χ3v) is 8.35. The Balaban J connectivity index is 1.52. The molecule has 5 aromatic rings. The van der Waals surface area contributed by atoms with Gasteiger partial charge in [0.1, 0.15) is 0 Å². The van der Waals surface area contributed by atoms with Gasteiger partial charge in [-0.3, -0.25) is 0 Å². The monoisotopic (exact) mass is 462 g/mol. The van der Waals surface area contributed by atoms with E-state index in [1.165, 1.54) is 72.3 Å². The number of hydrogen-bond acceptors (Lipinski definition) is 0. The van der Waals surface area contributed by atoms with Crippen molar-refractivity contribution in [2.75, 3.05) is 0 Å². The molecule has 36 heavy (non-hydrogen) atoms. The van der Waals surface area contributed by atoms with Gasteiger partial charge in [0.25, 0.3) is 0 Å². The Morgan fingerprint density at radius 1 is 0.556 bits per heavy atom. The molecular weight excluding hydrogens is 432 g/mol. The zero-order valence-corrected chi connectivity index (χ0v) is 21.2. The van der Waals surface area contributed by atoms with Crippen LogP contribution in [0.1, 0.15) is 61.2 Å². The Labute approximate surface area is 214 Å². The first-order valence-electron chi connectivity index (χ1n) is 13.0. The second-order valence-electron chi connectivity index (χ2n) is 10.8. The van der Waals surface area contributed by atoms with Crippen LogP contribution >= 0.6 is 0 Å². The third kappa shape index (κ3) is 2.94. The second kappa shape index (κ2) is 7.80. The molecule has 0 amide bonds. The van der Waals surface area contributed by atoms with Crippen LogP contribution in [-0.4, -0.2) is 0 Å². The normalized spacial score (nSPS) is 14.2. The molecule has 2 aliphatic carbocycles. The van der Waals surface area contributed by atoms with Crippen LogP contribution in [0.15, 0.2) is 103 Å². The molecule has 0 heterocycles. The van der Waals surface area contributed by atoms with Crippen molar-refractivity contribution in [2.24, 2.45) is 0 Å². The molecule has 0 fully saturated rings. The van der Waals surface area contributed by atoms with Crippen LogP contribution in [0.3, 0.4) is 0 Å². The van der Waals surface area contributed by atoms with Crippen LogP contribution < -0.4 is 0 Å². The van der Waals surface area contributed by atoms with Gasteiger partial charge < -0.3 is 0 Å².